The number of hydrogen-bond donors (Lipinski definition) is 0. The highest BCUT2D eigenvalue weighted by Gasteiger charge is 2.15. The minimum Gasteiger partial charge on any atom is -0.444 e. The predicted octanol–water partition coefficient (Wildman–Crippen LogP) is 4.12. The van der Waals surface area contributed by atoms with Crippen LogP contribution >= 0.6 is 0 Å². The number of rotatable bonds is 6. The maximum absolute atomic E-state index is 11.0. The lowest BCUT2D eigenvalue weighted by Crippen LogP contribution is -1.92. The van der Waals surface area contributed by atoms with Crippen LogP contribution in [-0.2, 0) is 0 Å². The summed E-state index contributed by atoms with van der Waals surface area (Å²) in [6.07, 6.45) is 6.43. The van der Waals surface area contributed by atoms with E-state index in [1.54, 1.807) is 6.07 Å². The quantitative estimate of drug-likeness (QED) is 0.243. The van der Waals surface area contributed by atoms with Crippen LogP contribution in [0.1, 0.15) is 20.7 Å². The molecule has 0 N–H and O–H groups in total. The van der Waals surface area contributed by atoms with Gasteiger partial charge in [-0.1, -0.05) is 0 Å². The van der Waals surface area contributed by atoms with E-state index in [1.807, 2.05) is 0 Å². The Morgan fingerprint density at radius 2 is 1.12 bits per heavy atom. The number of carbonyl (C=O) groups excluding carboxylic acids is 2. The van der Waals surface area contributed by atoms with E-state index in [9.17, 15) is 29.8 Å². The molecule has 12 nitrogen and oxygen atoms in total. The van der Waals surface area contributed by atoms with E-state index < -0.39 is 9.85 Å². The number of non-ortho nitro benzene ring substituents is 2. The summed E-state index contributed by atoms with van der Waals surface area (Å²) in [6.45, 7) is 0. The van der Waals surface area contributed by atoms with Gasteiger partial charge in [0.2, 0.25) is 0 Å². The molecule has 0 fully saturated rings. The van der Waals surface area contributed by atoms with Gasteiger partial charge in [0.1, 0.15) is 12.6 Å². The van der Waals surface area contributed by atoms with Crippen molar-refractivity contribution in [1.29, 1.82) is 0 Å². The number of aldehydes is 2. The zero-order valence-corrected chi connectivity index (χ0v) is 16.0. The Bertz CT molecular complexity index is 1190. The first-order valence-corrected chi connectivity index (χ1v) is 8.68. The molecule has 0 atom stereocenters. The normalized spacial score (nSPS) is 10.0. The second-order valence-corrected chi connectivity index (χ2v) is 6.11. The maximum Gasteiger partial charge on any atom is 0.270 e. The Balaban J connectivity index is 0.000000195. The van der Waals surface area contributed by atoms with Gasteiger partial charge in [-0.25, -0.2) is 9.97 Å². The number of aromatic nitrogens is 2. The van der Waals surface area contributed by atoms with E-state index in [4.69, 9.17) is 8.83 Å². The number of benzene rings is 2. The lowest BCUT2D eigenvalue weighted by molar-refractivity contribution is -0.385. The predicted molar refractivity (Wildman–Crippen MR) is 108 cm³/mol. The first-order chi connectivity index (χ1) is 15.4. The zero-order valence-electron chi connectivity index (χ0n) is 16.0. The molecule has 12 heteroatoms. The van der Waals surface area contributed by atoms with E-state index in [-0.39, 0.29) is 22.5 Å². The highest BCUT2D eigenvalue weighted by atomic mass is 16.6. The molecule has 2 aromatic heterocycles. The highest BCUT2D eigenvalue weighted by Crippen LogP contribution is 2.31. The number of hydrogen-bond acceptors (Lipinski definition) is 10. The minimum absolute atomic E-state index is 0.0553. The Morgan fingerprint density at radius 1 is 0.688 bits per heavy atom. The molecule has 4 rings (SSSR count). The van der Waals surface area contributed by atoms with Gasteiger partial charge in [0.15, 0.2) is 24.3 Å². The van der Waals surface area contributed by atoms with Crippen molar-refractivity contribution >= 4 is 23.9 Å². The molecule has 0 aliphatic carbocycles. The van der Waals surface area contributed by atoms with Crippen molar-refractivity contribution in [2.75, 3.05) is 0 Å². The van der Waals surface area contributed by atoms with Crippen LogP contribution in [0.2, 0.25) is 0 Å². The van der Waals surface area contributed by atoms with E-state index in [1.165, 1.54) is 43.4 Å². The molecule has 2 heterocycles. The van der Waals surface area contributed by atoms with Crippen molar-refractivity contribution in [3.05, 3.63) is 92.9 Å². The Morgan fingerprint density at radius 3 is 1.47 bits per heavy atom. The molecule has 0 bridgehead atoms. The molecule has 0 saturated carbocycles. The van der Waals surface area contributed by atoms with Gasteiger partial charge in [-0.3, -0.25) is 29.8 Å². The van der Waals surface area contributed by atoms with Crippen LogP contribution in [0.25, 0.3) is 22.6 Å². The van der Waals surface area contributed by atoms with Gasteiger partial charge in [0.05, 0.1) is 22.2 Å². The van der Waals surface area contributed by atoms with Crippen molar-refractivity contribution in [1.82, 2.24) is 9.97 Å². The van der Waals surface area contributed by atoms with Gasteiger partial charge in [0, 0.05) is 46.5 Å². The van der Waals surface area contributed by atoms with Gasteiger partial charge in [0.25, 0.3) is 11.4 Å². The van der Waals surface area contributed by atoms with Crippen molar-refractivity contribution in [3.63, 3.8) is 0 Å². The molecular weight excluding hydrogens is 424 g/mol. The summed E-state index contributed by atoms with van der Waals surface area (Å²) < 4.78 is 10.3. The maximum atomic E-state index is 11.0. The third kappa shape index (κ3) is 5.13. The second kappa shape index (κ2) is 9.67. The Labute approximate surface area is 178 Å². The van der Waals surface area contributed by atoms with Crippen LogP contribution in [0.3, 0.4) is 0 Å². The number of nitro benzene ring substituents is 2. The minimum atomic E-state index is -0.653. The molecule has 32 heavy (non-hydrogen) atoms. The number of nitrogens with zero attached hydrogens (tertiary/aromatic N) is 4. The van der Waals surface area contributed by atoms with Gasteiger partial charge >= 0.3 is 0 Å². The molecule has 0 unspecified atom stereocenters. The summed E-state index contributed by atoms with van der Waals surface area (Å²) >= 11 is 0. The summed E-state index contributed by atoms with van der Waals surface area (Å²) in [4.78, 5) is 48.4. The lowest BCUT2D eigenvalue weighted by atomic mass is 10.1. The van der Waals surface area contributed by atoms with Crippen LogP contribution in [0.4, 0.5) is 11.4 Å². The van der Waals surface area contributed by atoms with Gasteiger partial charge in [-0.05, 0) is 12.1 Å². The number of oxazole rings is 2. The summed E-state index contributed by atoms with van der Waals surface area (Å²) in [7, 11) is 0. The number of carbonyl (C=O) groups is 2. The van der Waals surface area contributed by atoms with E-state index in [0.29, 0.717) is 35.2 Å². The molecule has 0 radical (unpaired) electrons. The monoisotopic (exact) mass is 436 g/mol. The first kappa shape index (κ1) is 21.7. The largest absolute Gasteiger partial charge is 0.444 e. The zero-order chi connectivity index (χ0) is 23.1. The average molecular weight is 436 g/mol. The van der Waals surface area contributed by atoms with E-state index >= 15 is 0 Å². The smallest absolute Gasteiger partial charge is 0.270 e. The van der Waals surface area contributed by atoms with Gasteiger partial charge in [-0.2, -0.15) is 0 Å². The van der Waals surface area contributed by atoms with Crippen molar-refractivity contribution in [3.8, 4) is 22.6 Å². The fourth-order valence-electron chi connectivity index (χ4n) is 2.62. The molecular formula is C20H12N4O8. The van der Waals surface area contributed by atoms with E-state index in [2.05, 4.69) is 9.97 Å². The lowest BCUT2D eigenvalue weighted by Gasteiger charge is -2.01. The third-order valence-corrected chi connectivity index (χ3v) is 4.01. The molecule has 0 saturated heterocycles. The molecule has 2 aromatic carbocycles. The van der Waals surface area contributed by atoms with Gasteiger partial charge in [-0.15, -0.1) is 0 Å². The third-order valence-electron chi connectivity index (χ3n) is 4.01. The van der Waals surface area contributed by atoms with Crippen LogP contribution < -0.4 is 0 Å². The van der Waals surface area contributed by atoms with Crippen LogP contribution in [-0.4, -0.2) is 32.4 Å². The SMILES string of the molecule is O=Cc1cc(C=O)cc([N+](=O)[O-])c1.O=[N+]([O-])c1cc(-c2cnco2)cc(-c2cnco2)c1. The molecule has 160 valence electrons. The van der Waals surface area contributed by atoms with Crippen molar-refractivity contribution < 1.29 is 28.3 Å². The summed E-state index contributed by atoms with van der Waals surface area (Å²) in [6, 6.07) is 8.06. The highest BCUT2D eigenvalue weighted by molar-refractivity contribution is 5.83. The molecule has 0 spiro atoms. The second-order valence-electron chi connectivity index (χ2n) is 6.11. The summed E-state index contributed by atoms with van der Waals surface area (Å²) in [5, 5.41) is 21.3. The van der Waals surface area contributed by atoms with E-state index in [0.717, 1.165) is 12.1 Å². The average Bonchev–Trinajstić information content (AvgIpc) is 3.53. The van der Waals surface area contributed by atoms with Crippen LogP contribution in [0.5, 0.6) is 0 Å². The summed E-state index contributed by atoms with van der Waals surface area (Å²) in [5.74, 6) is 0.897. The van der Waals surface area contributed by atoms with Crippen molar-refractivity contribution in [2.45, 2.75) is 0 Å². The fourth-order valence-corrected chi connectivity index (χ4v) is 2.62. The van der Waals surface area contributed by atoms with Gasteiger partial charge < -0.3 is 8.83 Å². The molecule has 0 aliphatic rings. The first-order valence-electron chi connectivity index (χ1n) is 8.68. The molecule has 0 amide bonds. The van der Waals surface area contributed by atoms with Crippen LogP contribution in [0, 0.1) is 20.2 Å². The topological polar surface area (TPSA) is 172 Å². The Kier molecular flexibility index (Phi) is 6.56. The number of nitro groups is 2. The standard InChI is InChI=1S/C12H7N3O4.C8H5NO4/c16-15(17)10-2-8(11-4-13-6-18-11)1-9(3-10)12-5-14-7-19-12;10-4-6-1-7(5-11)3-8(2-6)9(12)13/h1-7H;1-5H. The molecule has 0 aliphatic heterocycles. The van der Waals surface area contributed by atoms with Crippen molar-refractivity contribution in [2.24, 2.45) is 0 Å². The Hall–Kier alpha value is -5.00. The fraction of sp³-hybridized carbons (Fsp3) is 0. The summed E-state index contributed by atoms with van der Waals surface area (Å²) in [5.41, 5.74) is 1.04. The molecule has 4 aromatic rings. The van der Waals surface area contributed by atoms with Crippen LogP contribution in [0.15, 0.2) is 70.4 Å².